The number of nitrogens with one attached hydrogen (secondary N) is 1. The van der Waals surface area contributed by atoms with E-state index in [9.17, 15) is 4.79 Å². The highest BCUT2D eigenvalue weighted by Gasteiger charge is 2.19. The first kappa shape index (κ1) is 14.4. The van der Waals surface area contributed by atoms with Crippen LogP contribution in [0.15, 0.2) is 24.5 Å². The molecule has 1 aliphatic rings. The molecule has 0 atom stereocenters. The second kappa shape index (κ2) is 8.21. The van der Waals surface area contributed by atoms with Crippen LogP contribution in [0.2, 0.25) is 0 Å². The smallest absolute Gasteiger partial charge is 0.223 e. The second-order valence-electron chi connectivity index (χ2n) is 4.88. The van der Waals surface area contributed by atoms with E-state index in [1.165, 1.54) is 19.3 Å². The number of carbonyl (C=O) groups excluding carboxylic acids is 1. The molecule has 2 rings (SSSR count). The Hall–Kier alpha value is -2.02. The largest absolute Gasteiger partial charge is 0.479 e. The van der Waals surface area contributed by atoms with Gasteiger partial charge in [-0.2, -0.15) is 0 Å². The summed E-state index contributed by atoms with van der Waals surface area (Å²) >= 11 is 0. The molecule has 0 unspecified atom stereocenters. The Bertz CT molecular complexity index is 470. The minimum absolute atomic E-state index is 0.146. The number of pyridine rings is 1. The number of aromatic nitrogens is 1. The lowest BCUT2D eigenvalue weighted by Crippen LogP contribution is -2.32. The third-order valence-electron chi connectivity index (χ3n) is 3.40. The molecule has 0 radical (unpaired) electrons. The lowest BCUT2D eigenvalue weighted by Gasteiger charge is -2.19. The number of nitrogens with zero attached hydrogens (tertiary/aromatic N) is 1. The molecule has 1 saturated carbocycles. The summed E-state index contributed by atoms with van der Waals surface area (Å²) in [6, 6.07) is 3.65. The van der Waals surface area contributed by atoms with E-state index in [1.54, 1.807) is 12.4 Å². The van der Waals surface area contributed by atoms with Crippen LogP contribution in [0.4, 0.5) is 0 Å². The molecule has 1 fully saturated rings. The summed E-state index contributed by atoms with van der Waals surface area (Å²) in [7, 11) is 0. The van der Waals surface area contributed by atoms with Gasteiger partial charge in [0.25, 0.3) is 0 Å². The lowest BCUT2D eigenvalue weighted by molar-refractivity contribution is -0.125. The van der Waals surface area contributed by atoms with Crippen molar-refractivity contribution >= 4 is 5.91 Å². The summed E-state index contributed by atoms with van der Waals surface area (Å²) in [4.78, 5) is 15.8. The topological polar surface area (TPSA) is 51.2 Å². The molecule has 0 bridgehead atoms. The number of carbonyl (C=O) groups is 1. The summed E-state index contributed by atoms with van der Waals surface area (Å²) in [5.41, 5.74) is 0. The second-order valence-corrected chi connectivity index (χ2v) is 4.88. The van der Waals surface area contributed by atoms with Crippen LogP contribution in [0.1, 0.15) is 32.1 Å². The quantitative estimate of drug-likeness (QED) is 0.855. The van der Waals surface area contributed by atoms with E-state index in [0.29, 0.717) is 18.9 Å². The monoisotopic (exact) mass is 272 g/mol. The molecule has 106 valence electrons. The number of hydrogen-bond acceptors (Lipinski definition) is 3. The zero-order valence-corrected chi connectivity index (χ0v) is 11.6. The van der Waals surface area contributed by atoms with Crippen LogP contribution in [0.5, 0.6) is 5.75 Å². The van der Waals surface area contributed by atoms with Crippen LogP contribution in [-0.4, -0.2) is 24.0 Å². The fourth-order valence-electron chi connectivity index (χ4n) is 2.31. The Balaban J connectivity index is 1.61. The van der Waals surface area contributed by atoms with Gasteiger partial charge in [0.1, 0.15) is 12.4 Å². The third-order valence-corrected chi connectivity index (χ3v) is 3.40. The maximum atomic E-state index is 11.8. The van der Waals surface area contributed by atoms with Gasteiger partial charge in [-0.05, 0) is 25.0 Å². The standard InChI is InChI=1S/C16H20N2O2/c19-16(14-7-2-1-3-8-14)18-11-4-5-12-20-15-9-6-10-17-13-15/h6,9-10,13-14H,1-3,7-8,11-12H2,(H,18,19). The zero-order chi connectivity index (χ0) is 14.0. The minimum atomic E-state index is 0.146. The molecule has 20 heavy (non-hydrogen) atoms. The van der Waals surface area contributed by atoms with E-state index in [4.69, 9.17) is 4.74 Å². The number of rotatable bonds is 4. The van der Waals surface area contributed by atoms with E-state index in [2.05, 4.69) is 22.1 Å². The predicted octanol–water partition coefficient (Wildman–Crippen LogP) is 2.16. The van der Waals surface area contributed by atoms with Crippen molar-refractivity contribution in [1.82, 2.24) is 10.3 Å². The highest BCUT2D eigenvalue weighted by atomic mass is 16.5. The lowest BCUT2D eigenvalue weighted by atomic mass is 9.89. The molecule has 4 heteroatoms. The molecule has 1 aromatic heterocycles. The Kier molecular flexibility index (Phi) is 5.91. The molecule has 0 aromatic carbocycles. The van der Waals surface area contributed by atoms with Crippen LogP contribution in [0, 0.1) is 17.8 Å². The van der Waals surface area contributed by atoms with Crippen LogP contribution in [0.3, 0.4) is 0 Å². The van der Waals surface area contributed by atoms with Gasteiger partial charge in [-0.3, -0.25) is 9.78 Å². The highest BCUT2D eigenvalue weighted by Crippen LogP contribution is 2.23. The molecule has 1 aliphatic carbocycles. The van der Waals surface area contributed by atoms with Crippen molar-refractivity contribution in [3.63, 3.8) is 0 Å². The maximum absolute atomic E-state index is 11.8. The van der Waals surface area contributed by atoms with Crippen LogP contribution < -0.4 is 10.1 Å². The molecule has 0 aliphatic heterocycles. The molecule has 1 N–H and O–H groups in total. The summed E-state index contributed by atoms with van der Waals surface area (Å²) in [6.45, 7) is 0.705. The Labute approximate surface area is 119 Å². The van der Waals surface area contributed by atoms with E-state index in [0.717, 1.165) is 12.8 Å². The molecule has 1 amide bonds. The van der Waals surface area contributed by atoms with Gasteiger partial charge in [0, 0.05) is 12.1 Å². The van der Waals surface area contributed by atoms with E-state index in [-0.39, 0.29) is 11.8 Å². The molecular formula is C16H20N2O2. The Morgan fingerprint density at radius 3 is 2.95 bits per heavy atom. The van der Waals surface area contributed by atoms with Gasteiger partial charge in [0.2, 0.25) is 5.91 Å². The van der Waals surface area contributed by atoms with Crippen molar-refractivity contribution in [1.29, 1.82) is 0 Å². The van der Waals surface area contributed by atoms with Gasteiger partial charge < -0.3 is 10.1 Å². The number of hydrogen-bond donors (Lipinski definition) is 1. The fraction of sp³-hybridized carbons (Fsp3) is 0.500. The zero-order valence-electron chi connectivity index (χ0n) is 11.6. The Morgan fingerprint density at radius 2 is 2.20 bits per heavy atom. The normalized spacial score (nSPS) is 15.0. The minimum Gasteiger partial charge on any atom is -0.479 e. The first-order chi connectivity index (χ1) is 9.86. The van der Waals surface area contributed by atoms with E-state index in [1.807, 2.05) is 12.1 Å². The molecular weight excluding hydrogens is 252 g/mol. The van der Waals surface area contributed by atoms with Gasteiger partial charge in [-0.1, -0.05) is 31.1 Å². The van der Waals surface area contributed by atoms with Crippen molar-refractivity contribution in [3.8, 4) is 17.6 Å². The van der Waals surface area contributed by atoms with Crippen molar-refractivity contribution in [2.75, 3.05) is 13.2 Å². The van der Waals surface area contributed by atoms with Gasteiger partial charge in [-0.15, -0.1) is 0 Å². The van der Waals surface area contributed by atoms with Gasteiger partial charge in [-0.25, -0.2) is 0 Å². The highest BCUT2D eigenvalue weighted by molar-refractivity contribution is 5.78. The summed E-state index contributed by atoms with van der Waals surface area (Å²) in [5, 5.41) is 2.87. The first-order valence-corrected chi connectivity index (χ1v) is 7.12. The van der Waals surface area contributed by atoms with E-state index >= 15 is 0 Å². The average Bonchev–Trinajstić information content (AvgIpc) is 2.52. The third kappa shape index (κ3) is 4.93. The molecule has 0 spiro atoms. The summed E-state index contributed by atoms with van der Waals surface area (Å²) < 4.78 is 5.38. The van der Waals surface area contributed by atoms with Crippen molar-refractivity contribution in [2.24, 2.45) is 5.92 Å². The number of amides is 1. The fourth-order valence-corrected chi connectivity index (χ4v) is 2.31. The predicted molar refractivity (Wildman–Crippen MR) is 77.1 cm³/mol. The van der Waals surface area contributed by atoms with Gasteiger partial charge in [0.05, 0.1) is 12.7 Å². The molecule has 1 heterocycles. The average molecular weight is 272 g/mol. The van der Waals surface area contributed by atoms with Crippen LogP contribution in [0.25, 0.3) is 0 Å². The summed E-state index contributed by atoms with van der Waals surface area (Å²) in [6.07, 6.45) is 8.97. The molecule has 0 saturated heterocycles. The summed E-state index contributed by atoms with van der Waals surface area (Å²) in [5.74, 6) is 6.81. The van der Waals surface area contributed by atoms with Crippen LogP contribution >= 0.6 is 0 Å². The maximum Gasteiger partial charge on any atom is 0.223 e. The van der Waals surface area contributed by atoms with Crippen molar-refractivity contribution in [2.45, 2.75) is 32.1 Å². The van der Waals surface area contributed by atoms with E-state index < -0.39 is 0 Å². The SMILES string of the molecule is O=C(NCC#CCOc1cccnc1)C1CCCCC1. The number of ether oxygens (including phenoxy) is 1. The first-order valence-electron chi connectivity index (χ1n) is 7.12. The molecule has 1 aromatic rings. The van der Waals surface area contributed by atoms with Crippen LogP contribution in [-0.2, 0) is 4.79 Å². The van der Waals surface area contributed by atoms with Gasteiger partial charge in [0.15, 0.2) is 0 Å². The Morgan fingerprint density at radius 1 is 1.35 bits per heavy atom. The van der Waals surface area contributed by atoms with Gasteiger partial charge >= 0.3 is 0 Å². The molecule has 4 nitrogen and oxygen atoms in total. The van der Waals surface area contributed by atoms with Crippen molar-refractivity contribution in [3.05, 3.63) is 24.5 Å². The van der Waals surface area contributed by atoms with Crippen molar-refractivity contribution < 1.29 is 9.53 Å².